The van der Waals surface area contributed by atoms with Crippen molar-refractivity contribution in [3.63, 3.8) is 0 Å². The quantitative estimate of drug-likeness (QED) is 0.263. The van der Waals surface area contributed by atoms with E-state index in [-0.39, 0.29) is 24.0 Å². The molecular formula is C19H29IN4O2. The highest BCUT2D eigenvalue weighted by Crippen LogP contribution is 2.14. The van der Waals surface area contributed by atoms with Gasteiger partial charge in [0.15, 0.2) is 5.96 Å². The van der Waals surface area contributed by atoms with E-state index in [0.717, 1.165) is 63.8 Å². The van der Waals surface area contributed by atoms with Crippen molar-refractivity contribution >= 4 is 29.9 Å². The van der Waals surface area contributed by atoms with Gasteiger partial charge in [-0.25, -0.2) is 0 Å². The van der Waals surface area contributed by atoms with Crippen LogP contribution in [0.25, 0.3) is 0 Å². The first-order valence-electron chi connectivity index (χ1n) is 8.91. The molecule has 0 spiro atoms. The zero-order valence-corrected chi connectivity index (χ0v) is 17.7. The zero-order valence-electron chi connectivity index (χ0n) is 15.4. The van der Waals surface area contributed by atoms with Crippen LogP contribution in [-0.4, -0.2) is 46.0 Å². The highest BCUT2D eigenvalue weighted by Gasteiger charge is 2.13. The number of benzene rings is 1. The minimum atomic E-state index is 0. The van der Waals surface area contributed by atoms with Crippen LogP contribution >= 0.6 is 24.0 Å². The molecule has 1 aromatic carbocycles. The van der Waals surface area contributed by atoms with Crippen LogP contribution in [0.1, 0.15) is 30.4 Å². The van der Waals surface area contributed by atoms with Gasteiger partial charge in [-0.1, -0.05) is 12.1 Å². The van der Waals surface area contributed by atoms with E-state index in [0.29, 0.717) is 18.0 Å². The molecule has 0 amide bonds. The minimum absolute atomic E-state index is 0. The standard InChI is InChI=1S/C19H28N4O2.HI/c1-21-19(23-14-18-5-2-4-17(12-18)13-20)22-8-3-9-25-15-16-6-10-24-11-7-16;/h2,4-5,12,16H,3,6-11,14-15H2,1H3,(H2,21,22,23);1H. The summed E-state index contributed by atoms with van der Waals surface area (Å²) < 4.78 is 11.1. The first-order valence-corrected chi connectivity index (χ1v) is 8.91. The van der Waals surface area contributed by atoms with E-state index in [2.05, 4.69) is 21.7 Å². The monoisotopic (exact) mass is 472 g/mol. The fourth-order valence-electron chi connectivity index (χ4n) is 2.70. The summed E-state index contributed by atoms with van der Waals surface area (Å²) in [7, 11) is 1.75. The normalized spacial score (nSPS) is 15.0. The summed E-state index contributed by atoms with van der Waals surface area (Å²) in [5, 5.41) is 15.5. The Morgan fingerprint density at radius 1 is 1.35 bits per heavy atom. The summed E-state index contributed by atoms with van der Waals surface area (Å²) in [5.41, 5.74) is 1.73. The lowest BCUT2D eigenvalue weighted by atomic mass is 10.0. The lowest BCUT2D eigenvalue weighted by Crippen LogP contribution is -2.37. The number of hydrogen-bond donors (Lipinski definition) is 2. The topological polar surface area (TPSA) is 78.7 Å². The first-order chi connectivity index (χ1) is 12.3. The number of ether oxygens (including phenoxy) is 2. The molecule has 0 saturated carbocycles. The fraction of sp³-hybridized carbons (Fsp3) is 0.579. The number of rotatable bonds is 8. The predicted octanol–water partition coefficient (Wildman–Crippen LogP) is 2.67. The Balaban J connectivity index is 0.00000338. The molecule has 2 N–H and O–H groups in total. The van der Waals surface area contributed by atoms with Crippen molar-refractivity contribution in [2.75, 3.05) is 40.0 Å². The van der Waals surface area contributed by atoms with E-state index >= 15 is 0 Å². The predicted molar refractivity (Wildman–Crippen MR) is 114 cm³/mol. The van der Waals surface area contributed by atoms with Crippen LogP contribution in [0.15, 0.2) is 29.3 Å². The van der Waals surface area contributed by atoms with Crippen LogP contribution in [0.2, 0.25) is 0 Å². The summed E-state index contributed by atoms with van der Waals surface area (Å²) in [6.45, 7) is 4.78. The van der Waals surface area contributed by atoms with Crippen LogP contribution in [0.4, 0.5) is 0 Å². The van der Waals surface area contributed by atoms with Gasteiger partial charge in [0.2, 0.25) is 0 Å². The third-order valence-electron chi connectivity index (χ3n) is 4.19. The van der Waals surface area contributed by atoms with E-state index < -0.39 is 0 Å². The summed E-state index contributed by atoms with van der Waals surface area (Å²) in [5.74, 6) is 1.41. The van der Waals surface area contributed by atoms with Crippen LogP contribution in [0.3, 0.4) is 0 Å². The Kier molecular flexibility index (Phi) is 12.0. The Bertz CT molecular complexity index is 583. The average Bonchev–Trinajstić information content (AvgIpc) is 2.67. The molecular weight excluding hydrogens is 443 g/mol. The van der Waals surface area contributed by atoms with Crippen molar-refractivity contribution in [2.45, 2.75) is 25.8 Å². The third-order valence-corrected chi connectivity index (χ3v) is 4.19. The number of nitriles is 1. The molecule has 7 heteroatoms. The molecule has 1 saturated heterocycles. The number of nitrogens with zero attached hydrogens (tertiary/aromatic N) is 2. The molecule has 2 rings (SSSR count). The molecule has 0 aliphatic carbocycles. The van der Waals surface area contributed by atoms with Gasteiger partial charge in [-0.05, 0) is 42.9 Å². The molecule has 1 aliphatic rings. The maximum Gasteiger partial charge on any atom is 0.191 e. The molecule has 1 aromatic rings. The summed E-state index contributed by atoms with van der Waals surface area (Å²) in [4.78, 5) is 4.21. The Hall–Kier alpha value is -1.37. The van der Waals surface area contributed by atoms with Gasteiger partial charge >= 0.3 is 0 Å². The Morgan fingerprint density at radius 2 is 2.15 bits per heavy atom. The average molecular weight is 472 g/mol. The number of aliphatic imine (C=N–C) groups is 1. The molecule has 6 nitrogen and oxygen atoms in total. The molecule has 0 aromatic heterocycles. The second-order valence-electron chi connectivity index (χ2n) is 6.15. The number of hydrogen-bond acceptors (Lipinski definition) is 4. The van der Waals surface area contributed by atoms with Crippen LogP contribution in [0, 0.1) is 17.2 Å². The molecule has 0 bridgehead atoms. The van der Waals surface area contributed by atoms with E-state index in [1.165, 1.54) is 0 Å². The van der Waals surface area contributed by atoms with Gasteiger partial charge in [0.1, 0.15) is 0 Å². The highest BCUT2D eigenvalue weighted by atomic mass is 127. The van der Waals surface area contributed by atoms with Gasteiger partial charge < -0.3 is 20.1 Å². The van der Waals surface area contributed by atoms with E-state index in [1.54, 1.807) is 13.1 Å². The maximum absolute atomic E-state index is 8.93. The molecule has 1 aliphatic heterocycles. The van der Waals surface area contributed by atoms with Gasteiger partial charge in [-0.2, -0.15) is 5.26 Å². The van der Waals surface area contributed by atoms with Gasteiger partial charge in [0.25, 0.3) is 0 Å². The largest absolute Gasteiger partial charge is 0.381 e. The zero-order chi connectivity index (χ0) is 17.7. The van der Waals surface area contributed by atoms with Crippen LogP contribution < -0.4 is 10.6 Å². The van der Waals surface area contributed by atoms with Gasteiger partial charge in [0.05, 0.1) is 11.6 Å². The maximum atomic E-state index is 8.93. The Morgan fingerprint density at radius 3 is 2.88 bits per heavy atom. The van der Waals surface area contributed by atoms with Gasteiger partial charge in [-0.15, -0.1) is 24.0 Å². The van der Waals surface area contributed by atoms with Gasteiger partial charge in [-0.3, -0.25) is 4.99 Å². The number of guanidine groups is 1. The second-order valence-corrected chi connectivity index (χ2v) is 6.15. The molecule has 1 heterocycles. The lowest BCUT2D eigenvalue weighted by molar-refractivity contribution is 0.0203. The van der Waals surface area contributed by atoms with Crippen molar-refractivity contribution in [1.29, 1.82) is 5.26 Å². The SMILES string of the molecule is CN=C(NCCCOCC1CCOCC1)NCc1cccc(C#N)c1.I. The summed E-state index contributed by atoms with van der Waals surface area (Å²) in [6, 6.07) is 9.72. The molecule has 0 atom stereocenters. The highest BCUT2D eigenvalue weighted by molar-refractivity contribution is 14.0. The fourth-order valence-corrected chi connectivity index (χ4v) is 2.70. The van der Waals surface area contributed by atoms with E-state index in [4.69, 9.17) is 14.7 Å². The first kappa shape index (κ1) is 22.7. The van der Waals surface area contributed by atoms with Crippen molar-refractivity contribution in [2.24, 2.45) is 10.9 Å². The van der Waals surface area contributed by atoms with E-state index in [9.17, 15) is 0 Å². The lowest BCUT2D eigenvalue weighted by Gasteiger charge is -2.21. The Labute approximate surface area is 173 Å². The van der Waals surface area contributed by atoms with Crippen molar-refractivity contribution in [3.8, 4) is 6.07 Å². The van der Waals surface area contributed by atoms with E-state index in [1.807, 2.05) is 18.2 Å². The van der Waals surface area contributed by atoms with Crippen LogP contribution in [-0.2, 0) is 16.0 Å². The smallest absolute Gasteiger partial charge is 0.191 e. The second kappa shape index (κ2) is 13.8. The summed E-state index contributed by atoms with van der Waals surface area (Å²) >= 11 is 0. The molecule has 144 valence electrons. The number of nitrogens with one attached hydrogen (secondary N) is 2. The summed E-state index contributed by atoms with van der Waals surface area (Å²) in [6.07, 6.45) is 3.16. The molecule has 26 heavy (non-hydrogen) atoms. The van der Waals surface area contributed by atoms with Crippen molar-refractivity contribution < 1.29 is 9.47 Å². The van der Waals surface area contributed by atoms with Crippen molar-refractivity contribution in [1.82, 2.24) is 10.6 Å². The minimum Gasteiger partial charge on any atom is -0.381 e. The molecule has 1 fully saturated rings. The molecule has 0 radical (unpaired) electrons. The van der Waals surface area contributed by atoms with Gasteiger partial charge in [0, 0.05) is 46.6 Å². The third kappa shape index (κ3) is 8.83. The van der Waals surface area contributed by atoms with Crippen molar-refractivity contribution in [3.05, 3.63) is 35.4 Å². The van der Waals surface area contributed by atoms with Crippen LogP contribution in [0.5, 0.6) is 0 Å². The molecule has 0 unspecified atom stereocenters. The number of halogens is 1.